The number of benzene rings is 2. The number of rotatable bonds is 7. The van der Waals surface area contributed by atoms with Crippen LogP contribution in [0.15, 0.2) is 65.9 Å². The third kappa shape index (κ3) is 5.88. The Morgan fingerprint density at radius 1 is 1.00 bits per heavy atom. The second-order valence-electron chi connectivity index (χ2n) is 9.85. The standard InChI is InChI=1S/C30H33N3O4/c1-18-17-24(15-16-31-18)27-6-4-5-26(19(27)2)20(3)28(33-37)21-7-9-22(10-8-21)29(34)32-25-13-11-23(12-14-25)30(35)36/h4-10,15-17,20,23,25,37H,11-14H2,1-3H3,(H,32,34)(H,35,36)/b33-28+/t20-,23?,25?/m1/s1. The zero-order chi connectivity index (χ0) is 26.5. The van der Waals surface area contributed by atoms with E-state index in [1.807, 2.05) is 32.0 Å². The maximum Gasteiger partial charge on any atom is 0.306 e. The van der Waals surface area contributed by atoms with Gasteiger partial charge < -0.3 is 15.6 Å². The van der Waals surface area contributed by atoms with Crippen molar-refractivity contribution in [1.82, 2.24) is 10.3 Å². The number of hydrogen-bond donors (Lipinski definition) is 3. The molecule has 0 aliphatic heterocycles. The Balaban J connectivity index is 1.48. The number of hydrogen-bond acceptors (Lipinski definition) is 5. The smallest absolute Gasteiger partial charge is 0.306 e. The predicted octanol–water partition coefficient (Wildman–Crippen LogP) is 5.72. The number of carbonyl (C=O) groups excluding carboxylic acids is 1. The van der Waals surface area contributed by atoms with Crippen LogP contribution in [0.3, 0.4) is 0 Å². The highest BCUT2D eigenvalue weighted by Crippen LogP contribution is 2.32. The molecule has 1 fully saturated rings. The zero-order valence-electron chi connectivity index (χ0n) is 21.4. The quantitative estimate of drug-likeness (QED) is 0.219. The molecule has 0 bridgehead atoms. The highest BCUT2D eigenvalue weighted by molar-refractivity contribution is 6.05. The molecule has 3 N–H and O–H groups in total. The highest BCUT2D eigenvalue weighted by Gasteiger charge is 2.27. The molecule has 0 spiro atoms. The van der Waals surface area contributed by atoms with Crippen LogP contribution in [0.1, 0.15) is 71.3 Å². The molecule has 7 nitrogen and oxygen atoms in total. The molecule has 1 saturated carbocycles. The summed E-state index contributed by atoms with van der Waals surface area (Å²) >= 11 is 0. The first-order valence-electron chi connectivity index (χ1n) is 12.7. The number of carbonyl (C=O) groups is 2. The van der Waals surface area contributed by atoms with Crippen LogP contribution in [-0.4, -0.2) is 38.9 Å². The number of carboxylic acid groups (broad SMARTS) is 1. The van der Waals surface area contributed by atoms with Crippen molar-refractivity contribution in [3.05, 3.63) is 88.7 Å². The van der Waals surface area contributed by atoms with E-state index in [2.05, 4.69) is 34.5 Å². The van der Waals surface area contributed by atoms with Crippen molar-refractivity contribution in [3.63, 3.8) is 0 Å². The van der Waals surface area contributed by atoms with Crippen LogP contribution in [0, 0.1) is 19.8 Å². The molecule has 0 unspecified atom stereocenters. The third-order valence-electron chi connectivity index (χ3n) is 7.42. The molecule has 3 aromatic rings. The third-order valence-corrected chi connectivity index (χ3v) is 7.42. The van der Waals surface area contributed by atoms with Gasteiger partial charge in [-0.2, -0.15) is 0 Å². The first-order valence-corrected chi connectivity index (χ1v) is 12.7. The van der Waals surface area contributed by atoms with Crippen LogP contribution in [0.4, 0.5) is 0 Å². The SMILES string of the molecule is Cc1cc(-c2cccc([C@@H](C)/C(=N\O)c3ccc(C(=O)NC4CCC(C(=O)O)CC4)cc3)c2C)ccn1. The van der Waals surface area contributed by atoms with Gasteiger partial charge >= 0.3 is 5.97 Å². The molecule has 7 heteroatoms. The molecule has 192 valence electrons. The first-order chi connectivity index (χ1) is 17.8. The lowest BCUT2D eigenvalue weighted by Crippen LogP contribution is -2.38. The van der Waals surface area contributed by atoms with E-state index in [1.165, 1.54) is 0 Å². The van der Waals surface area contributed by atoms with Gasteiger partial charge in [0.15, 0.2) is 0 Å². The normalized spacial score (nSPS) is 18.7. The Hall–Kier alpha value is -4.00. The summed E-state index contributed by atoms with van der Waals surface area (Å²) in [7, 11) is 0. The molecule has 1 amide bonds. The number of aryl methyl sites for hydroxylation is 1. The van der Waals surface area contributed by atoms with Crippen LogP contribution in [0.25, 0.3) is 11.1 Å². The van der Waals surface area contributed by atoms with Crippen LogP contribution in [0.2, 0.25) is 0 Å². The minimum Gasteiger partial charge on any atom is -0.481 e. The Bertz CT molecular complexity index is 1310. The molecule has 1 atom stereocenters. The number of nitrogens with zero attached hydrogens (tertiary/aromatic N) is 2. The number of aliphatic carboxylic acids is 1. The van der Waals surface area contributed by atoms with Gasteiger partial charge in [0, 0.05) is 29.4 Å². The summed E-state index contributed by atoms with van der Waals surface area (Å²) in [5.74, 6) is -1.44. The maximum absolute atomic E-state index is 12.8. The summed E-state index contributed by atoms with van der Waals surface area (Å²) in [5.41, 5.74) is 7.08. The van der Waals surface area contributed by atoms with Gasteiger partial charge in [0.1, 0.15) is 0 Å². The number of carboxylic acids is 1. The van der Waals surface area contributed by atoms with Gasteiger partial charge in [-0.05, 0) is 91.6 Å². The monoisotopic (exact) mass is 499 g/mol. The number of pyridine rings is 1. The van der Waals surface area contributed by atoms with Gasteiger partial charge in [-0.25, -0.2) is 0 Å². The van der Waals surface area contributed by atoms with Gasteiger partial charge in [0.05, 0.1) is 11.6 Å². The minimum absolute atomic E-state index is 0.0169. The Kier molecular flexibility index (Phi) is 8.01. The fourth-order valence-electron chi connectivity index (χ4n) is 5.24. The van der Waals surface area contributed by atoms with E-state index in [0.717, 1.165) is 33.5 Å². The molecular formula is C30H33N3O4. The van der Waals surface area contributed by atoms with Crippen LogP contribution >= 0.6 is 0 Å². The zero-order valence-corrected chi connectivity index (χ0v) is 21.4. The van der Waals surface area contributed by atoms with Crippen molar-refractivity contribution in [2.24, 2.45) is 11.1 Å². The van der Waals surface area contributed by atoms with Gasteiger partial charge in [0.2, 0.25) is 0 Å². The lowest BCUT2D eigenvalue weighted by Gasteiger charge is -2.26. The van der Waals surface area contributed by atoms with E-state index in [-0.39, 0.29) is 23.8 Å². The molecule has 37 heavy (non-hydrogen) atoms. The topological polar surface area (TPSA) is 112 Å². The second kappa shape index (κ2) is 11.4. The average Bonchev–Trinajstić information content (AvgIpc) is 2.90. The van der Waals surface area contributed by atoms with E-state index < -0.39 is 5.97 Å². The van der Waals surface area contributed by atoms with Gasteiger partial charge in [-0.1, -0.05) is 42.4 Å². The highest BCUT2D eigenvalue weighted by atomic mass is 16.4. The van der Waals surface area contributed by atoms with E-state index in [9.17, 15) is 14.8 Å². The molecule has 4 rings (SSSR count). The van der Waals surface area contributed by atoms with Crippen molar-refractivity contribution in [1.29, 1.82) is 0 Å². The predicted molar refractivity (Wildman–Crippen MR) is 143 cm³/mol. The first kappa shape index (κ1) is 26.1. The summed E-state index contributed by atoms with van der Waals surface area (Å²) in [6, 6.07) is 17.2. The Labute approximate surface area is 217 Å². The molecule has 2 aromatic carbocycles. The lowest BCUT2D eigenvalue weighted by molar-refractivity contribution is -0.142. The van der Waals surface area contributed by atoms with Gasteiger partial charge in [-0.3, -0.25) is 14.6 Å². The molecular weight excluding hydrogens is 466 g/mol. The number of amides is 1. The summed E-state index contributed by atoms with van der Waals surface area (Å²) in [5, 5.41) is 25.8. The van der Waals surface area contributed by atoms with Crippen molar-refractivity contribution < 1.29 is 19.9 Å². The van der Waals surface area contributed by atoms with E-state index in [1.54, 1.807) is 30.5 Å². The minimum atomic E-state index is -0.759. The van der Waals surface area contributed by atoms with Crippen molar-refractivity contribution >= 4 is 17.6 Å². The second-order valence-corrected chi connectivity index (χ2v) is 9.85. The number of oxime groups is 1. The van der Waals surface area contributed by atoms with Crippen LogP contribution in [-0.2, 0) is 4.79 Å². The Morgan fingerprint density at radius 3 is 2.30 bits per heavy atom. The fourth-order valence-corrected chi connectivity index (χ4v) is 5.24. The largest absolute Gasteiger partial charge is 0.481 e. The fraction of sp³-hybridized carbons (Fsp3) is 0.333. The average molecular weight is 500 g/mol. The van der Waals surface area contributed by atoms with Crippen molar-refractivity contribution in [2.75, 3.05) is 0 Å². The molecule has 0 saturated heterocycles. The number of aromatic nitrogens is 1. The van der Waals surface area contributed by atoms with E-state index in [0.29, 0.717) is 37.0 Å². The van der Waals surface area contributed by atoms with Crippen molar-refractivity contribution in [3.8, 4) is 11.1 Å². The van der Waals surface area contributed by atoms with Gasteiger partial charge in [0.25, 0.3) is 5.91 Å². The summed E-state index contributed by atoms with van der Waals surface area (Å²) in [4.78, 5) is 28.2. The Morgan fingerprint density at radius 2 is 1.68 bits per heavy atom. The van der Waals surface area contributed by atoms with Crippen LogP contribution in [0.5, 0.6) is 0 Å². The lowest BCUT2D eigenvalue weighted by atomic mass is 9.85. The van der Waals surface area contributed by atoms with Crippen molar-refractivity contribution in [2.45, 2.75) is 58.4 Å². The molecule has 0 radical (unpaired) electrons. The molecule has 1 heterocycles. The summed E-state index contributed by atoms with van der Waals surface area (Å²) < 4.78 is 0. The molecule has 1 aliphatic rings. The molecule has 1 aromatic heterocycles. The summed E-state index contributed by atoms with van der Waals surface area (Å²) in [6.45, 7) is 6.05. The maximum atomic E-state index is 12.8. The van der Waals surface area contributed by atoms with Gasteiger partial charge in [-0.15, -0.1) is 0 Å². The molecule has 1 aliphatic carbocycles. The summed E-state index contributed by atoms with van der Waals surface area (Å²) in [6.07, 6.45) is 4.29. The number of nitrogens with one attached hydrogen (secondary N) is 1. The van der Waals surface area contributed by atoms with E-state index in [4.69, 9.17) is 5.11 Å². The van der Waals surface area contributed by atoms with Crippen LogP contribution < -0.4 is 5.32 Å². The van der Waals surface area contributed by atoms with E-state index >= 15 is 0 Å².